The third kappa shape index (κ3) is 4.69. The van der Waals surface area contributed by atoms with E-state index < -0.39 is 12.1 Å². The average Bonchev–Trinajstić information content (AvgIpc) is 3.14. The van der Waals surface area contributed by atoms with Crippen LogP contribution in [0.4, 0.5) is 0 Å². The molecule has 0 unspecified atom stereocenters. The zero-order chi connectivity index (χ0) is 19.2. The van der Waals surface area contributed by atoms with Crippen molar-refractivity contribution in [2.75, 3.05) is 13.9 Å². The Kier molecular flexibility index (Phi) is 5.80. The minimum absolute atomic E-state index is 0.0315. The van der Waals surface area contributed by atoms with Gasteiger partial charge in [-0.15, -0.1) is 0 Å². The largest absolute Gasteiger partial charge is 0.496 e. The van der Waals surface area contributed by atoms with Crippen molar-refractivity contribution in [2.24, 2.45) is 0 Å². The van der Waals surface area contributed by atoms with Gasteiger partial charge in [-0.3, -0.25) is 9.59 Å². The second-order valence-electron chi connectivity index (χ2n) is 6.03. The second kappa shape index (κ2) is 8.44. The molecule has 1 atom stereocenters. The maximum atomic E-state index is 12.2. The molecule has 1 heterocycles. The number of esters is 1. The van der Waals surface area contributed by atoms with Crippen molar-refractivity contribution in [3.63, 3.8) is 0 Å². The highest BCUT2D eigenvalue weighted by Crippen LogP contribution is 2.32. The first kappa shape index (κ1) is 18.6. The van der Waals surface area contributed by atoms with E-state index in [1.54, 1.807) is 24.3 Å². The van der Waals surface area contributed by atoms with Crippen LogP contribution in [0.3, 0.4) is 0 Å². The molecular formula is C20H21NO6. The number of carbonyl (C=O) groups excluding carboxylic acids is 2. The first-order valence-electron chi connectivity index (χ1n) is 8.54. The van der Waals surface area contributed by atoms with Crippen LogP contribution in [0.5, 0.6) is 17.2 Å². The van der Waals surface area contributed by atoms with Crippen LogP contribution < -0.4 is 19.5 Å². The van der Waals surface area contributed by atoms with Crippen LogP contribution in [0.25, 0.3) is 0 Å². The first-order chi connectivity index (χ1) is 13.1. The molecule has 0 aliphatic carbocycles. The maximum Gasteiger partial charge on any atom is 0.311 e. The number of benzene rings is 2. The van der Waals surface area contributed by atoms with Crippen LogP contribution in [-0.2, 0) is 27.3 Å². The summed E-state index contributed by atoms with van der Waals surface area (Å²) < 4.78 is 21.0. The highest BCUT2D eigenvalue weighted by Gasteiger charge is 2.19. The number of ether oxygens (including phenoxy) is 4. The van der Waals surface area contributed by atoms with E-state index in [9.17, 15) is 9.59 Å². The summed E-state index contributed by atoms with van der Waals surface area (Å²) in [5.41, 5.74) is 1.57. The predicted octanol–water partition coefficient (Wildman–Crippen LogP) is 2.21. The van der Waals surface area contributed by atoms with E-state index in [4.69, 9.17) is 18.9 Å². The number of fused-ring (bicyclic) bond motifs is 1. The predicted molar refractivity (Wildman–Crippen MR) is 96.7 cm³/mol. The third-order valence-electron chi connectivity index (χ3n) is 4.11. The van der Waals surface area contributed by atoms with E-state index in [1.807, 2.05) is 18.2 Å². The summed E-state index contributed by atoms with van der Waals surface area (Å²) in [7, 11) is 1.54. The summed E-state index contributed by atoms with van der Waals surface area (Å²) >= 11 is 0. The van der Waals surface area contributed by atoms with Gasteiger partial charge in [0.2, 0.25) is 6.79 Å². The Bertz CT molecular complexity index is 835. The van der Waals surface area contributed by atoms with Gasteiger partial charge in [-0.2, -0.15) is 0 Å². The van der Waals surface area contributed by atoms with E-state index in [1.165, 1.54) is 14.0 Å². The molecule has 0 radical (unpaired) electrons. The molecule has 0 spiro atoms. The molecule has 0 saturated carbocycles. The molecule has 0 bridgehead atoms. The lowest BCUT2D eigenvalue weighted by molar-refractivity contribution is -0.154. The van der Waals surface area contributed by atoms with Crippen LogP contribution in [0.1, 0.15) is 18.1 Å². The van der Waals surface area contributed by atoms with Gasteiger partial charge in [0, 0.05) is 12.1 Å². The third-order valence-corrected chi connectivity index (χ3v) is 4.11. The number of hydrogen-bond donors (Lipinski definition) is 1. The molecule has 1 N–H and O–H groups in total. The average molecular weight is 371 g/mol. The molecule has 0 aromatic heterocycles. The maximum absolute atomic E-state index is 12.2. The van der Waals surface area contributed by atoms with Gasteiger partial charge in [0.15, 0.2) is 17.6 Å². The van der Waals surface area contributed by atoms with Gasteiger partial charge in [-0.1, -0.05) is 24.3 Å². The number of methoxy groups -OCH3 is 1. The van der Waals surface area contributed by atoms with Gasteiger partial charge in [0.25, 0.3) is 5.91 Å². The lowest BCUT2D eigenvalue weighted by atomic mass is 10.1. The van der Waals surface area contributed by atoms with Crippen molar-refractivity contribution < 1.29 is 28.5 Å². The first-order valence-corrected chi connectivity index (χ1v) is 8.54. The van der Waals surface area contributed by atoms with Crippen molar-refractivity contribution in [1.29, 1.82) is 0 Å². The van der Waals surface area contributed by atoms with Crippen LogP contribution in [-0.4, -0.2) is 31.9 Å². The van der Waals surface area contributed by atoms with E-state index in [0.717, 1.165) is 5.56 Å². The van der Waals surface area contributed by atoms with Gasteiger partial charge in [-0.05, 0) is 30.7 Å². The number of nitrogens with one attached hydrogen (secondary N) is 1. The quantitative estimate of drug-likeness (QED) is 0.752. The van der Waals surface area contributed by atoms with Crippen molar-refractivity contribution in [3.05, 3.63) is 53.6 Å². The topological polar surface area (TPSA) is 83.1 Å². The summed E-state index contributed by atoms with van der Waals surface area (Å²) in [6.45, 7) is 2.03. The molecule has 7 heteroatoms. The lowest BCUT2D eigenvalue weighted by Gasteiger charge is -2.14. The number of rotatable bonds is 7. The highest BCUT2D eigenvalue weighted by molar-refractivity contribution is 5.84. The molecule has 1 amide bonds. The number of para-hydroxylation sites is 1. The van der Waals surface area contributed by atoms with E-state index in [2.05, 4.69) is 5.32 Å². The molecule has 142 valence electrons. The Labute approximate surface area is 157 Å². The van der Waals surface area contributed by atoms with Crippen molar-refractivity contribution in [2.45, 2.75) is 26.0 Å². The SMILES string of the molecule is COc1ccccc1CC(=O)O[C@@H](C)C(=O)NCc1ccc2c(c1)OCO2. The fraction of sp³-hybridized carbons (Fsp3) is 0.300. The molecule has 27 heavy (non-hydrogen) atoms. The number of amides is 1. The van der Waals surface area contributed by atoms with E-state index >= 15 is 0 Å². The molecule has 0 fully saturated rings. The van der Waals surface area contributed by atoms with Crippen molar-refractivity contribution >= 4 is 11.9 Å². The van der Waals surface area contributed by atoms with Crippen molar-refractivity contribution in [1.82, 2.24) is 5.32 Å². The number of hydrogen-bond acceptors (Lipinski definition) is 6. The molecular weight excluding hydrogens is 350 g/mol. The zero-order valence-electron chi connectivity index (χ0n) is 15.2. The summed E-state index contributed by atoms with van der Waals surface area (Å²) in [5.74, 6) is 1.07. The molecule has 2 aromatic rings. The minimum Gasteiger partial charge on any atom is -0.496 e. The van der Waals surface area contributed by atoms with Crippen molar-refractivity contribution in [3.8, 4) is 17.2 Å². The van der Waals surface area contributed by atoms with Gasteiger partial charge in [0.05, 0.1) is 13.5 Å². The second-order valence-corrected chi connectivity index (χ2v) is 6.03. The van der Waals surface area contributed by atoms with Gasteiger partial charge < -0.3 is 24.3 Å². The summed E-state index contributed by atoms with van der Waals surface area (Å²) in [4.78, 5) is 24.3. The Balaban J connectivity index is 1.49. The molecule has 7 nitrogen and oxygen atoms in total. The Morgan fingerprint density at radius 3 is 2.74 bits per heavy atom. The van der Waals surface area contributed by atoms with Gasteiger partial charge in [0.1, 0.15) is 5.75 Å². The normalized spacial score (nSPS) is 13.0. The summed E-state index contributed by atoms with van der Waals surface area (Å²) in [6, 6.07) is 12.6. The molecule has 1 aliphatic rings. The number of carbonyl (C=O) groups is 2. The van der Waals surface area contributed by atoms with E-state index in [0.29, 0.717) is 29.4 Å². The highest BCUT2D eigenvalue weighted by atomic mass is 16.7. The Morgan fingerprint density at radius 1 is 1.15 bits per heavy atom. The molecule has 2 aromatic carbocycles. The van der Waals surface area contributed by atoms with Crippen LogP contribution in [0.2, 0.25) is 0 Å². The van der Waals surface area contributed by atoms with Crippen LogP contribution in [0, 0.1) is 0 Å². The Hall–Kier alpha value is -3.22. The lowest BCUT2D eigenvalue weighted by Crippen LogP contribution is -2.35. The van der Waals surface area contributed by atoms with Crippen LogP contribution >= 0.6 is 0 Å². The van der Waals surface area contributed by atoms with Gasteiger partial charge >= 0.3 is 5.97 Å². The van der Waals surface area contributed by atoms with Crippen LogP contribution in [0.15, 0.2) is 42.5 Å². The Morgan fingerprint density at radius 2 is 1.93 bits per heavy atom. The van der Waals surface area contributed by atoms with Gasteiger partial charge in [-0.25, -0.2) is 0 Å². The zero-order valence-corrected chi connectivity index (χ0v) is 15.2. The monoisotopic (exact) mass is 371 g/mol. The molecule has 0 saturated heterocycles. The fourth-order valence-electron chi connectivity index (χ4n) is 2.68. The standard InChI is InChI=1S/C20H21NO6/c1-13(27-19(22)10-15-5-3-4-6-16(15)24-2)20(23)21-11-14-7-8-17-18(9-14)26-12-25-17/h3-9,13H,10-12H2,1-2H3,(H,21,23)/t13-/m0/s1. The van der Waals surface area contributed by atoms with E-state index in [-0.39, 0.29) is 19.1 Å². The molecule has 3 rings (SSSR count). The smallest absolute Gasteiger partial charge is 0.311 e. The molecule has 1 aliphatic heterocycles. The minimum atomic E-state index is -0.902. The fourth-order valence-corrected chi connectivity index (χ4v) is 2.68. The summed E-state index contributed by atoms with van der Waals surface area (Å²) in [6.07, 6.45) is -0.870. The summed E-state index contributed by atoms with van der Waals surface area (Å²) in [5, 5.41) is 2.74.